The lowest BCUT2D eigenvalue weighted by Crippen LogP contribution is -2.40. The number of benzene rings is 1. The van der Waals surface area contributed by atoms with E-state index in [1.807, 2.05) is 24.0 Å². The molecule has 2 atom stereocenters. The number of nitrogens with zero attached hydrogens (tertiary/aromatic N) is 1. The molecule has 1 heterocycles. The molecule has 1 aliphatic rings. The van der Waals surface area contributed by atoms with E-state index in [0.29, 0.717) is 18.7 Å². The van der Waals surface area contributed by atoms with Crippen LogP contribution < -0.4 is 10.1 Å². The minimum Gasteiger partial charge on any atom is -0.507 e. The summed E-state index contributed by atoms with van der Waals surface area (Å²) in [6, 6.07) is 5.48. The number of phenols is 1. The first-order chi connectivity index (χ1) is 10.0. The molecule has 0 radical (unpaired) electrons. The third-order valence-electron chi connectivity index (χ3n) is 3.90. The van der Waals surface area contributed by atoms with Gasteiger partial charge in [0.05, 0.1) is 7.11 Å². The van der Waals surface area contributed by atoms with Gasteiger partial charge in [0.15, 0.2) is 0 Å². The van der Waals surface area contributed by atoms with Crippen LogP contribution in [-0.4, -0.2) is 42.2 Å². The first-order valence-electron chi connectivity index (χ1n) is 7.42. The maximum absolute atomic E-state index is 11.6. The fraction of sp³-hybridized carbons (Fsp3) is 0.562. The second-order valence-electron chi connectivity index (χ2n) is 5.66. The molecule has 0 aliphatic carbocycles. The van der Waals surface area contributed by atoms with Gasteiger partial charge in [0.25, 0.3) is 0 Å². The van der Waals surface area contributed by atoms with Gasteiger partial charge in [0.2, 0.25) is 5.91 Å². The summed E-state index contributed by atoms with van der Waals surface area (Å²) in [7, 11) is 1.57. The topological polar surface area (TPSA) is 61.8 Å². The van der Waals surface area contributed by atoms with Crippen LogP contribution in [0, 0.1) is 0 Å². The molecule has 0 bridgehead atoms. The van der Waals surface area contributed by atoms with E-state index in [2.05, 4.69) is 12.2 Å². The highest BCUT2D eigenvalue weighted by Crippen LogP contribution is 2.28. The molecule has 1 aromatic carbocycles. The van der Waals surface area contributed by atoms with Gasteiger partial charge in [-0.2, -0.15) is 0 Å². The third-order valence-corrected chi connectivity index (χ3v) is 3.90. The van der Waals surface area contributed by atoms with Crippen LogP contribution >= 0.6 is 0 Å². The molecule has 1 fully saturated rings. The highest BCUT2D eigenvalue weighted by molar-refractivity contribution is 5.78. The normalized spacial score (nSPS) is 17.9. The number of likely N-dealkylation sites (tertiary alicyclic amines) is 1. The van der Waals surface area contributed by atoms with Crippen molar-refractivity contribution in [3.8, 4) is 11.5 Å². The van der Waals surface area contributed by atoms with Crippen molar-refractivity contribution in [1.29, 1.82) is 0 Å². The maximum atomic E-state index is 11.6. The largest absolute Gasteiger partial charge is 0.507 e. The van der Waals surface area contributed by atoms with Gasteiger partial charge >= 0.3 is 0 Å². The Morgan fingerprint density at radius 2 is 2.19 bits per heavy atom. The second-order valence-corrected chi connectivity index (χ2v) is 5.66. The summed E-state index contributed by atoms with van der Waals surface area (Å²) < 4.78 is 5.09. The minimum absolute atomic E-state index is 0.00334. The average molecular weight is 292 g/mol. The number of nitrogens with one attached hydrogen (secondary N) is 1. The highest BCUT2D eigenvalue weighted by Gasteiger charge is 2.22. The molecule has 1 amide bonds. The Morgan fingerprint density at radius 3 is 2.76 bits per heavy atom. The lowest BCUT2D eigenvalue weighted by Gasteiger charge is -2.25. The molecule has 5 nitrogen and oxygen atoms in total. The number of ether oxygens (including phenoxy) is 1. The standard InChI is InChI=1S/C16H24N2O3/c1-11(10-18-8-4-5-16(18)20)17-12(2)14-7-6-13(21-3)9-15(14)19/h6-7,9,11-12,17,19H,4-5,8,10H2,1-3H3. The van der Waals surface area contributed by atoms with Crippen LogP contribution in [0.5, 0.6) is 11.5 Å². The molecule has 2 N–H and O–H groups in total. The SMILES string of the molecule is COc1ccc(C(C)NC(C)CN2CCCC2=O)c(O)c1. The molecule has 2 rings (SSSR count). The maximum Gasteiger partial charge on any atom is 0.222 e. The monoisotopic (exact) mass is 292 g/mol. The number of carbonyl (C=O) groups is 1. The fourth-order valence-corrected chi connectivity index (χ4v) is 2.81. The Kier molecular flexibility index (Phi) is 5.07. The molecule has 1 aromatic rings. The predicted octanol–water partition coefficient (Wildman–Crippen LogP) is 2.06. The Morgan fingerprint density at radius 1 is 1.43 bits per heavy atom. The lowest BCUT2D eigenvalue weighted by atomic mass is 10.1. The first kappa shape index (κ1) is 15.6. The fourth-order valence-electron chi connectivity index (χ4n) is 2.81. The Bertz CT molecular complexity index is 504. The zero-order valence-corrected chi connectivity index (χ0v) is 12.9. The molecular formula is C16H24N2O3. The second kappa shape index (κ2) is 6.80. The highest BCUT2D eigenvalue weighted by atomic mass is 16.5. The summed E-state index contributed by atoms with van der Waals surface area (Å²) in [6.07, 6.45) is 1.63. The molecule has 0 aromatic heterocycles. The van der Waals surface area contributed by atoms with Crippen molar-refractivity contribution < 1.29 is 14.6 Å². The van der Waals surface area contributed by atoms with Crippen LogP contribution in [0.2, 0.25) is 0 Å². The zero-order chi connectivity index (χ0) is 15.4. The zero-order valence-electron chi connectivity index (χ0n) is 12.9. The van der Waals surface area contributed by atoms with Crippen molar-refractivity contribution in [3.05, 3.63) is 23.8 Å². The van der Waals surface area contributed by atoms with Crippen LogP contribution in [0.1, 0.15) is 38.3 Å². The van der Waals surface area contributed by atoms with E-state index in [1.165, 1.54) is 0 Å². The van der Waals surface area contributed by atoms with E-state index in [-0.39, 0.29) is 23.7 Å². The van der Waals surface area contributed by atoms with Crippen LogP contribution in [0.15, 0.2) is 18.2 Å². The smallest absolute Gasteiger partial charge is 0.222 e. The molecule has 2 unspecified atom stereocenters. The van der Waals surface area contributed by atoms with Gasteiger partial charge in [-0.05, 0) is 26.3 Å². The Balaban J connectivity index is 1.94. The van der Waals surface area contributed by atoms with Crippen molar-refractivity contribution in [2.45, 2.75) is 38.8 Å². The molecule has 0 saturated carbocycles. The number of methoxy groups -OCH3 is 1. The van der Waals surface area contributed by atoms with E-state index < -0.39 is 0 Å². The van der Waals surface area contributed by atoms with E-state index >= 15 is 0 Å². The van der Waals surface area contributed by atoms with E-state index in [9.17, 15) is 9.90 Å². The van der Waals surface area contributed by atoms with Gasteiger partial charge in [-0.15, -0.1) is 0 Å². The Hall–Kier alpha value is -1.75. The number of rotatable bonds is 6. The quantitative estimate of drug-likeness (QED) is 0.842. The van der Waals surface area contributed by atoms with Crippen molar-refractivity contribution >= 4 is 5.91 Å². The summed E-state index contributed by atoms with van der Waals surface area (Å²) >= 11 is 0. The van der Waals surface area contributed by atoms with Gasteiger partial charge < -0.3 is 20.1 Å². The van der Waals surface area contributed by atoms with Crippen LogP contribution in [0.3, 0.4) is 0 Å². The molecule has 116 valence electrons. The van der Waals surface area contributed by atoms with Crippen molar-refractivity contribution in [3.63, 3.8) is 0 Å². The van der Waals surface area contributed by atoms with Crippen molar-refractivity contribution in [1.82, 2.24) is 10.2 Å². The van der Waals surface area contributed by atoms with E-state index in [0.717, 1.165) is 18.5 Å². The number of hydrogen-bond acceptors (Lipinski definition) is 4. The molecule has 1 saturated heterocycles. The third kappa shape index (κ3) is 3.88. The summed E-state index contributed by atoms with van der Waals surface area (Å²) in [5.74, 6) is 1.10. The van der Waals surface area contributed by atoms with Crippen molar-refractivity contribution in [2.24, 2.45) is 0 Å². The summed E-state index contributed by atoms with van der Waals surface area (Å²) in [5, 5.41) is 13.5. The summed E-state index contributed by atoms with van der Waals surface area (Å²) in [4.78, 5) is 13.5. The summed E-state index contributed by atoms with van der Waals surface area (Å²) in [6.45, 7) is 5.62. The number of phenolic OH excluding ortho intramolecular Hbond substituents is 1. The minimum atomic E-state index is 0.00334. The van der Waals surface area contributed by atoms with Gasteiger partial charge in [-0.25, -0.2) is 0 Å². The molecule has 5 heteroatoms. The average Bonchev–Trinajstić information content (AvgIpc) is 2.83. The van der Waals surface area contributed by atoms with Crippen LogP contribution in [0.4, 0.5) is 0 Å². The molecule has 1 aliphatic heterocycles. The predicted molar refractivity (Wildman–Crippen MR) is 81.5 cm³/mol. The van der Waals surface area contributed by atoms with Gasteiger partial charge in [0.1, 0.15) is 11.5 Å². The van der Waals surface area contributed by atoms with Crippen LogP contribution in [-0.2, 0) is 4.79 Å². The molecular weight excluding hydrogens is 268 g/mol. The van der Waals surface area contributed by atoms with Gasteiger partial charge in [-0.1, -0.05) is 6.07 Å². The van der Waals surface area contributed by atoms with E-state index in [4.69, 9.17) is 4.74 Å². The number of aromatic hydroxyl groups is 1. The summed E-state index contributed by atoms with van der Waals surface area (Å²) in [5.41, 5.74) is 0.829. The molecule has 0 spiro atoms. The van der Waals surface area contributed by atoms with E-state index in [1.54, 1.807) is 13.2 Å². The Labute approximate surface area is 125 Å². The number of hydrogen-bond donors (Lipinski definition) is 2. The van der Waals surface area contributed by atoms with Gasteiger partial charge in [0, 0.05) is 43.2 Å². The first-order valence-corrected chi connectivity index (χ1v) is 7.42. The van der Waals surface area contributed by atoms with Crippen molar-refractivity contribution in [2.75, 3.05) is 20.2 Å². The number of amides is 1. The molecule has 21 heavy (non-hydrogen) atoms. The lowest BCUT2D eigenvalue weighted by molar-refractivity contribution is -0.127. The van der Waals surface area contributed by atoms with Crippen LogP contribution in [0.25, 0.3) is 0 Å². The van der Waals surface area contributed by atoms with Gasteiger partial charge in [-0.3, -0.25) is 4.79 Å². The number of carbonyl (C=O) groups excluding carboxylic acids is 1.